The highest BCUT2D eigenvalue weighted by Gasteiger charge is 2.33. The van der Waals surface area contributed by atoms with Gasteiger partial charge in [-0.3, -0.25) is 14.7 Å². The van der Waals surface area contributed by atoms with E-state index in [1.54, 1.807) is 14.2 Å². The van der Waals surface area contributed by atoms with E-state index in [1.807, 2.05) is 62.4 Å². The normalized spacial score (nSPS) is 16.1. The summed E-state index contributed by atoms with van der Waals surface area (Å²) in [4.78, 5) is 31.6. The Bertz CT molecular complexity index is 1160. The number of methoxy groups -OCH3 is 1. The monoisotopic (exact) mass is 449 g/mol. The van der Waals surface area contributed by atoms with E-state index in [0.717, 1.165) is 11.1 Å². The summed E-state index contributed by atoms with van der Waals surface area (Å²) in [5, 5.41) is 9.49. The third kappa shape index (κ3) is 4.73. The van der Waals surface area contributed by atoms with Crippen LogP contribution in [0.15, 0.2) is 48.5 Å². The molecule has 0 bridgehead atoms. The van der Waals surface area contributed by atoms with Gasteiger partial charge in [-0.25, -0.2) is 4.98 Å². The molecule has 0 aliphatic carbocycles. The van der Waals surface area contributed by atoms with Crippen LogP contribution < -0.4 is 15.0 Å². The number of carbonyl (C=O) groups excluding carboxylic acids is 2. The molecule has 0 saturated carbocycles. The number of carbonyl (C=O) groups is 2. The van der Waals surface area contributed by atoms with Crippen molar-refractivity contribution in [3.8, 4) is 5.75 Å². The fraction of sp³-hybridized carbons (Fsp3) is 0.333. The number of hydrogen-bond donors (Lipinski definition) is 2. The molecule has 1 atom stereocenters. The van der Waals surface area contributed by atoms with Crippen LogP contribution in [-0.2, 0) is 21.6 Å². The first-order chi connectivity index (χ1) is 15.8. The van der Waals surface area contributed by atoms with Crippen LogP contribution in [0.5, 0.6) is 5.75 Å². The van der Waals surface area contributed by atoms with Crippen LogP contribution in [-0.4, -0.2) is 53.8 Å². The molecule has 2 N–H and O–H groups in total. The molecule has 0 unspecified atom stereocenters. The van der Waals surface area contributed by atoms with Crippen molar-refractivity contribution in [1.29, 1.82) is 0 Å². The zero-order chi connectivity index (χ0) is 23.6. The molecule has 4 rings (SSSR count). The summed E-state index contributed by atoms with van der Waals surface area (Å²) in [6, 6.07) is 14.4. The molecule has 2 heterocycles. The molecule has 1 aromatic heterocycles. The summed E-state index contributed by atoms with van der Waals surface area (Å²) in [5.74, 6) is 0.249. The molecule has 2 amide bonds. The minimum absolute atomic E-state index is 0.00374. The van der Waals surface area contributed by atoms with Crippen LogP contribution >= 0.6 is 0 Å². The summed E-state index contributed by atoms with van der Waals surface area (Å²) in [7, 11) is 3.29. The van der Waals surface area contributed by atoms with E-state index in [4.69, 9.17) is 9.47 Å². The van der Waals surface area contributed by atoms with E-state index in [-0.39, 0.29) is 18.3 Å². The number of amides is 2. The molecular weight excluding hydrogens is 422 g/mol. The van der Waals surface area contributed by atoms with Gasteiger partial charge in [0.2, 0.25) is 5.82 Å². The number of fused-ring (bicyclic) bond motifs is 1. The van der Waals surface area contributed by atoms with Gasteiger partial charge < -0.3 is 19.7 Å². The van der Waals surface area contributed by atoms with Gasteiger partial charge in [-0.2, -0.15) is 0 Å². The van der Waals surface area contributed by atoms with Crippen LogP contribution in [0.1, 0.15) is 41.4 Å². The van der Waals surface area contributed by atoms with Crippen molar-refractivity contribution in [2.45, 2.75) is 31.9 Å². The minimum atomic E-state index is -0.884. The Kier molecular flexibility index (Phi) is 6.15. The summed E-state index contributed by atoms with van der Waals surface area (Å²) in [6.45, 7) is 3.89. The molecule has 9 nitrogen and oxygen atoms in total. The van der Waals surface area contributed by atoms with E-state index in [2.05, 4.69) is 20.5 Å². The Morgan fingerprint density at radius 2 is 2.03 bits per heavy atom. The van der Waals surface area contributed by atoms with Crippen molar-refractivity contribution in [3.63, 3.8) is 0 Å². The number of nitrogens with zero attached hydrogens (tertiary/aromatic N) is 3. The third-order valence-electron chi connectivity index (χ3n) is 5.81. The van der Waals surface area contributed by atoms with Gasteiger partial charge >= 0.3 is 0 Å². The van der Waals surface area contributed by atoms with Crippen molar-refractivity contribution in [3.05, 3.63) is 71.3 Å². The number of benzene rings is 2. The molecule has 1 aliphatic rings. The van der Waals surface area contributed by atoms with Gasteiger partial charge in [0.05, 0.1) is 11.3 Å². The van der Waals surface area contributed by atoms with Gasteiger partial charge in [0.1, 0.15) is 24.2 Å². The topological polar surface area (TPSA) is 109 Å². The number of ether oxygens (including phenoxy) is 2. The first-order valence-electron chi connectivity index (χ1n) is 10.6. The average molecular weight is 450 g/mol. The summed E-state index contributed by atoms with van der Waals surface area (Å²) in [5.41, 5.74) is 2.04. The summed E-state index contributed by atoms with van der Waals surface area (Å²) >= 11 is 0. The van der Waals surface area contributed by atoms with Gasteiger partial charge in [-0.05, 0) is 37.1 Å². The Balaban J connectivity index is 1.47. The first kappa shape index (κ1) is 22.5. The Labute approximate surface area is 192 Å². The highest BCUT2D eigenvalue weighted by molar-refractivity contribution is 6.02. The fourth-order valence-electron chi connectivity index (χ4n) is 3.58. The van der Waals surface area contributed by atoms with Crippen LogP contribution in [0.25, 0.3) is 0 Å². The van der Waals surface area contributed by atoms with Crippen molar-refractivity contribution < 1.29 is 19.1 Å². The smallest absolute Gasteiger partial charge is 0.291 e. The molecule has 2 aromatic carbocycles. The second kappa shape index (κ2) is 9.03. The standard InChI is InChI=1S/C24H27N5O4/c1-24(2,32-4)16-10-11-19-18(13-16)29(3)23(31)17(14-33-19)25-22(30)21-26-20(27-28-21)12-15-8-6-5-7-9-15/h5-11,13,17H,12,14H2,1-4H3,(H,25,30)(H,26,27,28)/t17-/m1/s1. The maximum Gasteiger partial charge on any atom is 0.291 e. The Morgan fingerprint density at radius 1 is 1.27 bits per heavy atom. The third-order valence-corrected chi connectivity index (χ3v) is 5.81. The Hall–Kier alpha value is -3.72. The maximum absolute atomic E-state index is 13.1. The lowest BCUT2D eigenvalue weighted by atomic mass is 9.97. The molecule has 33 heavy (non-hydrogen) atoms. The molecule has 0 fully saturated rings. The van der Waals surface area contributed by atoms with E-state index in [0.29, 0.717) is 23.7 Å². The minimum Gasteiger partial charge on any atom is -0.489 e. The Morgan fingerprint density at radius 3 is 2.76 bits per heavy atom. The maximum atomic E-state index is 13.1. The van der Waals surface area contributed by atoms with Crippen molar-refractivity contribution in [1.82, 2.24) is 20.5 Å². The largest absolute Gasteiger partial charge is 0.489 e. The molecule has 1 aliphatic heterocycles. The van der Waals surface area contributed by atoms with Gasteiger partial charge in [-0.15, -0.1) is 5.10 Å². The number of rotatable bonds is 6. The number of anilines is 1. The lowest BCUT2D eigenvalue weighted by Crippen LogP contribution is -2.49. The number of aromatic amines is 1. The predicted molar refractivity (Wildman–Crippen MR) is 122 cm³/mol. The van der Waals surface area contributed by atoms with Gasteiger partial charge in [0.25, 0.3) is 11.8 Å². The van der Waals surface area contributed by atoms with Crippen molar-refractivity contribution >= 4 is 17.5 Å². The predicted octanol–water partition coefficient (Wildman–Crippen LogP) is 2.43. The number of nitrogens with one attached hydrogen (secondary N) is 2. The molecule has 0 saturated heterocycles. The van der Waals surface area contributed by atoms with E-state index < -0.39 is 17.6 Å². The summed E-state index contributed by atoms with van der Waals surface area (Å²) in [6.07, 6.45) is 0.519. The molecule has 0 radical (unpaired) electrons. The second-order valence-corrected chi connectivity index (χ2v) is 8.40. The van der Waals surface area contributed by atoms with Crippen molar-refractivity contribution in [2.24, 2.45) is 0 Å². The number of likely N-dealkylation sites (N-methyl/N-ethyl adjacent to an activating group) is 1. The second-order valence-electron chi connectivity index (χ2n) is 8.40. The fourth-order valence-corrected chi connectivity index (χ4v) is 3.58. The lowest BCUT2D eigenvalue weighted by molar-refractivity contribution is -0.120. The highest BCUT2D eigenvalue weighted by Crippen LogP contribution is 2.35. The highest BCUT2D eigenvalue weighted by atomic mass is 16.5. The van der Waals surface area contributed by atoms with Gasteiger partial charge in [-0.1, -0.05) is 36.4 Å². The van der Waals surface area contributed by atoms with E-state index in [1.165, 1.54) is 4.90 Å². The molecule has 3 aromatic rings. The van der Waals surface area contributed by atoms with E-state index in [9.17, 15) is 9.59 Å². The lowest BCUT2D eigenvalue weighted by Gasteiger charge is -2.26. The van der Waals surface area contributed by atoms with E-state index >= 15 is 0 Å². The molecular formula is C24H27N5O4. The van der Waals surface area contributed by atoms with Crippen LogP contribution in [0.3, 0.4) is 0 Å². The average Bonchev–Trinajstić information content (AvgIpc) is 3.25. The van der Waals surface area contributed by atoms with Crippen LogP contribution in [0.2, 0.25) is 0 Å². The number of hydrogen-bond acceptors (Lipinski definition) is 6. The number of aromatic nitrogens is 3. The zero-order valence-corrected chi connectivity index (χ0v) is 19.1. The van der Waals surface area contributed by atoms with Crippen LogP contribution in [0, 0.1) is 0 Å². The quantitative estimate of drug-likeness (QED) is 0.598. The molecule has 0 spiro atoms. The first-order valence-corrected chi connectivity index (χ1v) is 10.6. The molecule has 172 valence electrons. The SMILES string of the molecule is COC(C)(C)c1ccc2c(c1)N(C)C(=O)[C@H](NC(=O)c1n[nH]c(Cc3ccccc3)n1)CO2. The zero-order valence-electron chi connectivity index (χ0n) is 19.1. The van der Waals surface area contributed by atoms with Crippen molar-refractivity contribution in [2.75, 3.05) is 25.7 Å². The van der Waals surface area contributed by atoms with Gasteiger partial charge in [0, 0.05) is 20.6 Å². The number of H-pyrrole nitrogens is 1. The summed E-state index contributed by atoms with van der Waals surface area (Å²) < 4.78 is 11.4. The van der Waals surface area contributed by atoms with Gasteiger partial charge in [0.15, 0.2) is 0 Å². The molecule has 9 heteroatoms. The van der Waals surface area contributed by atoms with Crippen LogP contribution in [0.4, 0.5) is 5.69 Å².